The van der Waals surface area contributed by atoms with E-state index in [0.29, 0.717) is 25.3 Å². The van der Waals surface area contributed by atoms with Gasteiger partial charge >= 0.3 is 0 Å². The lowest BCUT2D eigenvalue weighted by Crippen LogP contribution is -2.36. The molecule has 0 saturated heterocycles. The predicted molar refractivity (Wildman–Crippen MR) is 103 cm³/mol. The monoisotopic (exact) mass is 380 g/mol. The van der Waals surface area contributed by atoms with Gasteiger partial charge in [-0.1, -0.05) is 30.3 Å². The molecule has 0 radical (unpaired) electrons. The third-order valence-electron chi connectivity index (χ3n) is 4.91. The van der Waals surface area contributed by atoms with E-state index in [-0.39, 0.29) is 5.91 Å². The third kappa shape index (κ3) is 4.32. The molecule has 146 valence electrons. The number of carbonyl (C=O) groups excluding carboxylic acids is 1. The molecule has 3 heterocycles. The van der Waals surface area contributed by atoms with Crippen LogP contribution in [-0.4, -0.2) is 38.8 Å². The van der Waals surface area contributed by atoms with E-state index in [1.54, 1.807) is 12.3 Å². The van der Waals surface area contributed by atoms with Gasteiger partial charge in [-0.15, -0.1) is 0 Å². The van der Waals surface area contributed by atoms with Crippen LogP contribution in [0.2, 0.25) is 0 Å². The Morgan fingerprint density at radius 3 is 2.86 bits per heavy atom. The first-order valence-electron chi connectivity index (χ1n) is 9.50. The average molecular weight is 380 g/mol. The molecule has 2 aromatic heterocycles. The minimum Gasteiger partial charge on any atom is -0.467 e. The number of aryl methyl sites for hydroxylation is 1. The lowest BCUT2D eigenvalue weighted by molar-refractivity contribution is -0.122. The summed E-state index contributed by atoms with van der Waals surface area (Å²) in [6.45, 7) is 2.95. The van der Waals surface area contributed by atoms with Gasteiger partial charge in [0.1, 0.15) is 11.9 Å². The molecule has 3 aromatic rings. The molecule has 0 spiro atoms. The minimum atomic E-state index is -0.745. The molecule has 0 unspecified atom stereocenters. The molecule has 2 N–H and O–H groups in total. The van der Waals surface area contributed by atoms with Crippen molar-refractivity contribution in [2.24, 2.45) is 0 Å². The summed E-state index contributed by atoms with van der Waals surface area (Å²) in [7, 11) is 0. The highest BCUT2D eigenvalue weighted by Crippen LogP contribution is 2.23. The van der Waals surface area contributed by atoms with Gasteiger partial charge in [-0.05, 0) is 30.2 Å². The molecule has 0 fully saturated rings. The second-order valence-electron chi connectivity index (χ2n) is 7.02. The van der Waals surface area contributed by atoms with Crippen molar-refractivity contribution in [1.29, 1.82) is 0 Å². The number of benzene rings is 1. The number of aromatic nitrogens is 2. The fourth-order valence-electron chi connectivity index (χ4n) is 3.48. The van der Waals surface area contributed by atoms with Gasteiger partial charge in [0.15, 0.2) is 0 Å². The molecule has 4 rings (SSSR count). The smallest absolute Gasteiger partial charge is 0.234 e. The Bertz CT molecular complexity index is 905. The summed E-state index contributed by atoms with van der Waals surface area (Å²) in [4.78, 5) is 14.4. The number of aliphatic hydroxyl groups is 1. The number of amides is 1. The van der Waals surface area contributed by atoms with Crippen molar-refractivity contribution in [2.75, 3.05) is 13.1 Å². The molecule has 1 aliphatic rings. The van der Waals surface area contributed by atoms with Gasteiger partial charge in [0.2, 0.25) is 5.91 Å². The molecule has 1 aliphatic heterocycles. The number of aliphatic hydroxyl groups excluding tert-OH is 1. The molecule has 7 nitrogen and oxygen atoms in total. The quantitative estimate of drug-likeness (QED) is 0.684. The first kappa shape index (κ1) is 18.5. The summed E-state index contributed by atoms with van der Waals surface area (Å²) >= 11 is 0. The van der Waals surface area contributed by atoms with Crippen LogP contribution in [0, 0.1) is 0 Å². The molecule has 1 aromatic carbocycles. The van der Waals surface area contributed by atoms with Crippen molar-refractivity contribution in [3.05, 3.63) is 77.5 Å². The van der Waals surface area contributed by atoms with E-state index in [1.165, 1.54) is 0 Å². The molecule has 7 heteroatoms. The number of hydrogen-bond donors (Lipinski definition) is 2. The van der Waals surface area contributed by atoms with Crippen LogP contribution in [0.5, 0.6) is 0 Å². The van der Waals surface area contributed by atoms with Gasteiger partial charge in [-0.2, -0.15) is 5.10 Å². The standard InChI is InChI=1S/C21H24N4O3/c26-20(22-13-18-8-4-11-28-18)15-24-9-5-10-25-17(14-24)12-19(23-25)21(27)16-6-2-1-3-7-16/h1-4,6-8,11-12,21,27H,5,9-10,13-15H2,(H,22,26)/t21-/m0/s1. The Hall–Kier alpha value is -2.90. The molecular formula is C21H24N4O3. The number of nitrogens with one attached hydrogen (secondary N) is 1. The number of hydrogen-bond acceptors (Lipinski definition) is 5. The second-order valence-corrected chi connectivity index (χ2v) is 7.02. The summed E-state index contributed by atoms with van der Waals surface area (Å²) in [6.07, 6.45) is 1.76. The van der Waals surface area contributed by atoms with Crippen molar-refractivity contribution < 1.29 is 14.3 Å². The van der Waals surface area contributed by atoms with E-state index in [1.807, 2.05) is 47.1 Å². The maximum Gasteiger partial charge on any atom is 0.234 e. The van der Waals surface area contributed by atoms with Crippen LogP contribution in [0.3, 0.4) is 0 Å². The normalized spacial score (nSPS) is 15.6. The highest BCUT2D eigenvalue weighted by molar-refractivity contribution is 5.77. The van der Waals surface area contributed by atoms with E-state index in [4.69, 9.17) is 4.42 Å². The number of fused-ring (bicyclic) bond motifs is 1. The van der Waals surface area contributed by atoms with Gasteiger partial charge < -0.3 is 14.8 Å². The first-order valence-corrected chi connectivity index (χ1v) is 9.50. The topological polar surface area (TPSA) is 83.5 Å². The van der Waals surface area contributed by atoms with E-state index < -0.39 is 6.10 Å². The van der Waals surface area contributed by atoms with Crippen LogP contribution < -0.4 is 5.32 Å². The van der Waals surface area contributed by atoms with Crippen molar-refractivity contribution >= 4 is 5.91 Å². The fraction of sp³-hybridized carbons (Fsp3) is 0.333. The highest BCUT2D eigenvalue weighted by atomic mass is 16.3. The van der Waals surface area contributed by atoms with Crippen LogP contribution >= 0.6 is 0 Å². The maximum absolute atomic E-state index is 12.3. The molecule has 28 heavy (non-hydrogen) atoms. The van der Waals surface area contributed by atoms with Gasteiger partial charge in [0, 0.05) is 19.6 Å². The zero-order valence-electron chi connectivity index (χ0n) is 15.6. The first-order chi connectivity index (χ1) is 13.7. The molecule has 0 saturated carbocycles. The molecular weight excluding hydrogens is 356 g/mol. The maximum atomic E-state index is 12.3. The average Bonchev–Trinajstić information content (AvgIpc) is 3.33. The molecule has 0 aliphatic carbocycles. The van der Waals surface area contributed by atoms with Crippen LogP contribution in [0.25, 0.3) is 0 Å². The van der Waals surface area contributed by atoms with Crippen molar-refractivity contribution in [3.8, 4) is 0 Å². The predicted octanol–water partition coefficient (Wildman–Crippen LogP) is 2.08. The Morgan fingerprint density at radius 1 is 1.21 bits per heavy atom. The van der Waals surface area contributed by atoms with Crippen LogP contribution in [0.4, 0.5) is 0 Å². The molecule has 0 bridgehead atoms. The number of nitrogens with zero attached hydrogens (tertiary/aromatic N) is 3. The van der Waals surface area contributed by atoms with E-state index in [0.717, 1.165) is 36.5 Å². The van der Waals surface area contributed by atoms with E-state index in [9.17, 15) is 9.90 Å². The molecule has 1 atom stereocenters. The van der Waals surface area contributed by atoms with Crippen molar-refractivity contribution in [1.82, 2.24) is 20.0 Å². The van der Waals surface area contributed by atoms with E-state index >= 15 is 0 Å². The highest BCUT2D eigenvalue weighted by Gasteiger charge is 2.21. The van der Waals surface area contributed by atoms with Crippen LogP contribution in [-0.2, 0) is 24.4 Å². The number of carbonyl (C=O) groups is 1. The lowest BCUT2D eigenvalue weighted by Gasteiger charge is -2.18. The third-order valence-corrected chi connectivity index (χ3v) is 4.91. The minimum absolute atomic E-state index is 0.0334. The Labute approximate surface area is 163 Å². The summed E-state index contributed by atoms with van der Waals surface area (Å²) in [6, 6.07) is 15.1. The summed E-state index contributed by atoms with van der Waals surface area (Å²) in [5, 5.41) is 18.1. The number of furan rings is 1. The van der Waals surface area contributed by atoms with Crippen LogP contribution in [0.1, 0.15) is 35.2 Å². The van der Waals surface area contributed by atoms with Gasteiger partial charge in [-0.3, -0.25) is 14.4 Å². The van der Waals surface area contributed by atoms with Crippen LogP contribution in [0.15, 0.2) is 59.2 Å². The van der Waals surface area contributed by atoms with Gasteiger partial charge in [0.25, 0.3) is 0 Å². The van der Waals surface area contributed by atoms with Crippen molar-refractivity contribution in [2.45, 2.75) is 32.2 Å². The zero-order chi connectivity index (χ0) is 19.3. The van der Waals surface area contributed by atoms with Crippen molar-refractivity contribution in [3.63, 3.8) is 0 Å². The SMILES string of the molecule is O=C(CN1CCCn2nc([C@@H](O)c3ccccc3)cc2C1)NCc1ccco1. The lowest BCUT2D eigenvalue weighted by atomic mass is 10.1. The molecule has 1 amide bonds. The Balaban J connectivity index is 1.39. The summed E-state index contributed by atoms with van der Waals surface area (Å²) in [5.74, 6) is 0.704. The Morgan fingerprint density at radius 2 is 2.07 bits per heavy atom. The fourth-order valence-corrected chi connectivity index (χ4v) is 3.48. The second kappa shape index (κ2) is 8.41. The summed E-state index contributed by atoms with van der Waals surface area (Å²) < 4.78 is 7.19. The van der Waals surface area contributed by atoms with Gasteiger partial charge in [0.05, 0.1) is 30.7 Å². The van der Waals surface area contributed by atoms with Gasteiger partial charge in [-0.25, -0.2) is 0 Å². The largest absolute Gasteiger partial charge is 0.467 e. The number of rotatable bonds is 6. The Kier molecular flexibility index (Phi) is 5.55. The summed E-state index contributed by atoms with van der Waals surface area (Å²) in [5.41, 5.74) is 2.48. The van der Waals surface area contributed by atoms with E-state index in [2.05, 4.69) is 15.3 Å². The zero-order valence-corrected chi connectivity index (χ0v) is 15.6.